The second kappa shape index (κ2) is 8.01. The molecule has 3 aromatic heterocycles. The summed E-state index contributed by atoms with van der Waals surface area (Å²) in [5, 5.41) is 6.88. The van der Waals surface area contributed by atoms with E-state index in [9.17, 15) is 13.6 Å². The van der Waals surface area contributed by atoms with E-state index in [4.69, 9.17) is 4.42 Å². The number of oxazole rings is 1. The van der Waals surface area contributed by atoms with Crippen LogP contribution in [-0.4, -0.2) is 25.7 Å². The van der Waals surface area contributed by atoms with E-state index < -0.39 is 11.6 Å². The van der Waals surface area contributed by atoms with Gasteiger partial charge in [0.25, 0.3) is 0 Å². The third-order valence-electron chi connectivity index (χ3n) is 4.11. The van der Waals surface area contributed by atoms with Crippen molar-refractivity contribution >= 4 is 11.6 Å². The molecule has 29 heavy (non-hydrogen) atoms. The quantitative estimate of drug-likeness (QED) is 0.537. The van der Waals surface area contributed by atoms with E-state index >= 15 is 0 Å². The first-order valence-corrected chi connectivity index (χ1v) is 8.76. The molecular formula is C20H15F2N5O2. The molecular weight excluding hydrogens is 380 g/mol. The fourth-order valence-electron chi connectivity index (χ4n) is 2.78. The summed E-state index contributed by atoms with van der Waals surface area (Å²) in [4.78, 5) is 20.6. The van der Waals surface area contributed by atoms with Gasteiger partial charge in [-0.25, -0.2) is 23.4 Å². The number of pyridine rings is 1. The van der Waals surface area contributed by atoms with Crippen LogP contribution in [0.3, 0.4) is 0 Å². The summed E-state index contributed by atoms with van der Waals surface area (Å²) >= 11 is 0. The van der Waals surface area contributed by atoms with Crippen molar-refractivity contribution in [3.63, 3.8) is 0 Å². The Bertz CT molecular complexity index is 1120. The molecule has 0 spiro atoms. The van der Waals surface area contributed by atoms with Crippen molar-refractivity contribution in [3.05, 3.63) is 78.7 Å². The Balaban J connectivity index is 1.42. The highest BCUT2D eigenvalue weighted by Crippen LogP contribution is 2.27. The molecule has 0 saturated heterocycles. The minimum absolute atomic E-state index is 0.0239. The van der Waals surface area contributed by atoms with E-state index in [0.717, 1.165) is 12.1 Å². The maximum Gasteiger partial charge on any atom is 0.224 e. The molecule has 0 unspecified atom stereocenters. The third-order valence-corrected chi connectivity index (χ3v) is 4.11. The zero-order chi connectivity index (χ0) is 20.2. The summed E-state index contributed by atoms with van der Waals surface area (Å²) in [5.74, 6) is -1.11. The lowest BCUT2D eigenvalue weighted by atomic mass is 10.1. The molecule has 0 aliphatic carbocycles. The van der Waals surface area contributed by atoms with E-state index in [2.05, 4.69) is 20.4 Å². The molecule has 0 bridgehead atoms. The lowest BCUT2D eigenvalue weighted by molar-refractivity contribution is -0.116. The van der Waals surface area contributed by atoms with Crippen LogP contribution >= 0.6 is 0 Å². The first kappa shape index (κ1) is 18.5. The molecule has 1 aromatic carbocycles. The Morgan fingerprint density at radius 1 is 1.07 bits per heavy atom. The molecule has 0 fully saturated rings. The van der Waals surface area contributed by atoms with Gasteiger partial charge in [-0.3, -0.25) is 4.79 Å². The number of amides is 1. The topological polar surface area (TPSA) is 85.8 Å². The highest BCUT2D eigenvalue weighted by atomic mass is 19.1. The van der Waals surface area contributed by atoms with Crippen LogP contribution in [0.1, 0.15) is 12.3 Å². The van der Waals surface area contributed by atoms with Crippen LogP contribution in [-0.2, 0) is 11.2 Å². The Kier molecular flexibility index (Phi) is 5.10. The number of benzene rings is 1. The molecule has 0 aliphatic rings. The van der Waals surface area contributed by atoms with Gasteiger partial charge >= 0.3 is 0 Å². The molecule has 0 saturated carbocycles. The predicted octanol–water partition coefficient (Wildman–Crippen LogP) is 3.77. The molecule has 0 atom stereocenters. The molecule has 1 N–H and O–H groups in total. The van der Waals surface area contributed by atoms with Crippen LogP contribution in [0, 0.1) is 11.6 Å². The van der Waals surface area contributed by atoms with E-state index in [1.54, 1.807) is 41.5 Å². The Labute approximate surface area is 164 Å². The van der Waals surface area contributed by atoms with Gasteiger partial charge in [0.2, 0.25) is 5.91 Å². The summed E-state index contributed by atoms with van der Waals surface area (Å²) in [5.41, 5.74) is 0.220. The fraction of sp³-hybridized carbons (Fsp3) is 0.100. The predicted molar refractivity (Wildman–Crippen MR) is 100 cm³/mol. The SMILES string of the molecule is O=C(CCc1ncc(-c2c(F)cccc2F)o1)Nc1cccnc1-n1cccn1. The maximum atomic E-state index is 13.9. The Hall–Kier alpha value is -3.88. The highest BCUT2D eigenvalue weighted by molar-refractivity contribution is 5.92. The van der Waals surface area contributed by atoms with Crippen molar-refractivity contribution in [2.45, 2.75) is 12.8 Å². The van der Waals surface area contributed by atoms with Crippen LogP contribution in [0.15, 0.2) is 65.6 Å². The zero-order valence-corrected chi connectivity index (χ0v) is 15.0. The molecule has 4 rings (SSSR count). The van der Waals surface area contributed by atoms with E-state index in [0.29, 0.717) is 11.5 Å². The van der Waals surface area contributed by atoms with Gasteiger partial charge in [-0.05, 0) is 30.3 Å². The molecule has 3 heterocycles. The number of nitrogens with one attached hydrogen (secondary N) is 1. The maximum absolute atomic E-state index is 13.9. The summed E-state index contributed by atoms with van der Waals surface area (Å²) in [7, 11) is 0. The molecule has 9 heteroatoms. The molecule has 4 aromatic rings. The first-order valence-electron chi connectivity index (χ1n) is 8.76. The minimum Gasteiger partial charge on any atom is -0.441 e. The van der Waals surface area contributed by atoms with Crippen molar-refractivity contribution in [3.8, 4) is 17.1 Å². The lowest BCUT2D eigenvalue weighted by Crippen LogP contribution is -2.15. The number of nitrogens with zero attached hydrogens (tertiary/aromatic N) is 4. The Morgan fingerprint density at radius 2 is 1.90 bits per heavy atom. The van der Waals surface area contributed by atoms with Crippen molar-refractivity contribution in [2.24, 2.45) is 0 Å². The molecule has 0 radical (unpaired) electrons. The number of rotatable bonds is 6. The molecule has 7 nitrogen and oxygen atoms in total. The number of hydrogen-bond donors (Lipinski definition) is 1. The number of carbonyl (C=O) groups is 1. The van der Waals surface area contributed by atoms with Crippen molar-refractivity contribution in [1.29, 1.82) is 0 Å². The van der Waals surface area contributed by atoms with Crippen LogP contribution in [0.4, 0.5) is 14.5 Å². The lowest BCUT2D eigenvalue weighted by Gasteiger charge is -2.09. The molecule has 146 valence electrons. The number of hydrogen-bond acceptors (Lipinski definition) is 5. The summed E-state index contributed by atoms with van der Waals surface area (Å²) in [6.45, 7) is 0. The van der Waals surface area contributed by atoms with Gasteiger partial charge < -0.3 is 9.73 Å². The van der Waals surface area contributed by atoms with Crippen molar-refractivity contribution in [1.82, 2.24) is 19.7 Å². The van der Waals surface area contributed by atoms with E-state index in [-0.39, 0.29) is 36.0 Å². The van der Waals surface area contributed by atoms with Crippen LogP contribution in [0.25, 0.3) is 17.1 Å². The summed E-state index contributed by atoms with van der Waals surface area (Å²) in [6, 6.07) is 8.71. The number of halogens is 2. The van der Waals surface area contributed by atoms with Crippen molar-refractivity contribution < 1.29 is 18.0 Å². The molecule has 1 amide bonds. The summed E-state index contributed by atoms with van der Waals surface area (Å²) < 4.78 is 34.7. The largest absolute Gasteiger partial charge is 0.441 e. The minimum atomic E-state index is -0.742. The van der Waals surface area contributed by atoms with Crippen molar-refractivity contribution in [2.75, 3.05) is 5.32 Å². The van der Waals surface area contributed by atoms with Gasteiger partial charge in [0.15, 0.2) is 17.5 Å². The van der Waals surface area contributed by atoms with Gasteiger partial charge in [0.05, 0.1) is 17.4 Å². The van der Waals surface area contributed by atoms with Crippen LogP contribution in [0.2, 0.25) is 0 Å². The Morgan fingerprint density at radius 3 is 2.66 bits per heavy atom. The average Bonchev–Trinajstić information content (AvgIpc) is 3.39. The summed E-state index contributed by atoms with van der Waals surface area (Å²) in [6.07, 6.45) is 6.40. The number of aryl methyl sites for hydroxylation is 1. The molecule has 0 aliphatic heterocycles. The van der Waals surface area contributed by atoms with Gasteiger partial charge in [-0.2, -0.15) is 5.10 Å². The second-order valence-electron chi connectivity index (χ2n) is 6.09. The smallest absolute Gasteiger partial charge is 0.224 e. The monoisotopic (exact) mass is 395 g/mol. The third kappa shape index (κ3) is 4.03. The van der Waals surface area contributed by atoms with Gasteiger partial charge in [0.1, 0.15) is 11.6 Å². The van der Waals surface area contributed by atoms with Gasteiger partial charge in [0, 0.05) is 31.4 Å². The number of anilines is 1. The van der Waals surface area contributed by atoms with E-state index in [1.807, 2.05) is 0 Å². The van der Waals surface area contributed by atoms with Crippen LogP contribution in [0.5, 0.6) is 0 Å². The average molecular weight is 395 g/mol. The standard InChI is InChI=1S/C20H15F2N5O2/c21-13-4-1-5-14(22)19(13)16-12-24-18(29-16)8-7-17(28)26-15-6-2-9-23-20(15)27-11-3-10-25-27/h1-6,9-12H,7-8H2,(H,26,28). The van der Waals surface area contributed by atoms with Gasteiger partial charge in [-0.1, -0.05) is 6.07 Å². The van der Waals surface area contributed by atoms with E-state index in [1.165, 1.54) is 12.3 Å². The van der Waals surface area contributed by atoms with Gasteiger partial charge in [-0.15, -0.1) is 0 Å². The normalized spacial score (nSPS) is 10.8. The number of carbonyl (C=O) groups excluding carboxylic acids is 1. The zero-order valence-electron chi connectivity index (χ0n) is 15.0. The highest BCUT2D eigenvalue weighted by Gasteiger charge is 2.17. The fourth-order valence-corrected chi connectivity index (χ4v) is 2.78. The number of aromatic nitrogens is 4. The first-order chi connectivity index (χ1) is 14.1. The van der Waals surface area contributed by atoms with Crippen LogP contribution < -0.4 is 5.32 Å². The second-order valence-corrected chi connectivity index (χ2v) is 6.09.